The first kappa shape index (κ1) is 18.5. The minimum atomic E-state index is -0.608. The molecule has 1 N–H and O–H groups in total. The lowest BCUT2D eigenvalue weighted by atomic mass is 10.2. The second-order valence-corrected chi connectivity index (χ2v) is 6.57. The molecule has 3 heterocycles. The van der Waals surface area contributed by atoms with Crippen molar-refractivity contribution in [2.75, 3.05) is 6.54 Å². The molecule has 1 aromatic carbocycles. The maximum absolute atomic E-state index is 14.1. The van der Waals surface area contributed by atoms with Gasteiger partial charge in [0.1, 0.15) is 17.2 Å². The lowest BCUT2D eigenvalue weighted by molar-refractivity contribution is 0.0946. The molecule has 0 fully saturated rings. The normalized spacial score (nSPS) is 11.0. The number of amides is 1. The number of aryl methyl sites for hydroxylation is 1. The van der Waals surface area contributed by atoms with E-state index in [1.165, 1.54) is 22.9 Å². The molecule has 0 saturated carbocycles. The van der Waals surface area contributed by atoms with E-state index in [1.54, 1.807) is 19.1 Å². The number of nitrogens with zero attached hydrogens (tertiary/aromatic N) is 4. The summed E-state index contributed by atoms with van der Waals surface area (Å²) in [6.07, 6.45) is 4.28. The number of carbonyl (C=O) groups is 1. The van der Waals surface area contributed by atoms with E-state index in [4.69, 9.17) is 0 Å². The molecule has 0 bridgehead atoms. The van der Waals surface area contributed by atoms with Gasteiger partial charge in [-0.2, -0.15) is 5.10 Å². The van der Waals surface area contributed by atoms with Crippen molar-refractivity contribution in [2.24, 2.45) is 0 Å². The highest BCUT2D eigenvalue weighted by Crippen LogP contribution is 2.13. The average Bonchev–Trinajstić information content (AvgIpc) is 3.11. The van der Waals surface area contributed by atoms with Crippen LogP contribution in [0.5, 0.6) is 0 Å². The largest absolute Gasteiger partial charge is 0.350 e. The van der Waals surface area contributed by atoms with E-state index in [0.717, 1.165) is 11.3 Å². The fraction of sp³-hybridized carbons (Fsp3) is 0.143. The van der Waals surface area contributed by atoms with Gasteiger partial charge in [-0.3, -0.25) is 9.59 Å². The minimum Gasteiger partial charge on any atom is -0.350 e. The molecule has 7 nitrogen and oxygen atoms in total. The number of aromatic nitrogens is 4. The fourth-order valence-electron chi connectivity index (χ4n) is 3.07. The van der Waals surface area contributed by atoms with Gasteiger partial charge in [0.2, 0.25) is 5.43 Å². The molecular weight excluding hydrogens is 373 g/mol. The van der Waals surface area contributed by atoms with Gasteiger partial charge in [0.05, 0.1) is 5.69 Å². The van der Waals surface area contributed by atoms with Crippen molar-refractivity contribution in [3.05, 3.63) is 94.0 Å². The summed E-state index contributed by atoms with van der Waals surface area (Å²) in [5.74, 6) is -1.10. The molecule has 0 aliphatic heterocycles. The van der Waals surface area contributed by atoms with E-state index in [-0.39, 0.29) is 17.9 Å². The number of para-hydroxylation sites is 1. The zero-order valence-corrected chi connectivity index (χ0v) is 15.7. The molecule has 0 radical (unpaired) electrons. The highest BCUT2D eigenvalue weighted by molar-refractivity contribution is 5.92. The number of halogens is 1. The smallest absolute Gasteiger partial charge is 0.275 e. The maximum atomic E-state index is 14.1. The van der Waals surface area contributed by atoms with E-state index in [1.807, 2.05) is 35.0 Å². The van der Waals surface area contributed by atoms with Crippen LogP contribution in [0, 0.1) is 12.7 Å². The van der Waals surface area contributed by atoms with Crippen molar-refractivity contribution >= 4 is 11.6 Å². The summed E-state index contributed by atoms with van der Waals surface area (Å²) >= 11 is 0. The van der Waals surface area contributed by atoms with Crippen molar-refractivity contribution in [3.8, 4) is 5.69 Å². The number of carbonyl (C=O) groups excluding carboxylic acids is 1. The fourth-order valence-corrected chi connectivity index (χ4v) is 3.07. The van der Waals surface area contributed by atoms with Gasteiger partial charge in [0.25, 0.3) is 5.91 Å². The first-order valence-corrected chi connectivity index (χ1v) is 9.09. The van der Waals surface area contributed by atoms with Crippen LogP contribution in [0.1, 0.15) is 21.9 Å². The Morgan fingerprint density at radius 3 is 2.76 bits per heavy atom. The third kappa shape index (κ3) is 3.77. The Balaban J connectivity index is 1.51. The highest BCUT2D eigenvalue weighted by atomic mass is 19.1. The van der Waals surface area contributed by atoms with E-state index < -0.39 is 17.2 Å². The Morgan fingerprint density at radius 2 is 1.97 bits per heavy atom. The molecule has 1 amide bonds. The van der Waals surface area contributed by atoms with Crippen LogP contribution in [0.15, 0.2) is 65.7 Å². The first-order valence-electron chi connectivity index (χ1n) is 9.09. The summed E-state index contributed by atoms with van der Waals surface area (Å²) in [5.41, 5.74) is 1.44. The Kier molecular flexibility index (Phi) is 4.90. The number of benzene rings is 1. The highest BCUT2D eigenvalue weighted by Gasteiger charge is 2.16. The number of imidazole rings is 1. The topological polar surface area (TPSA) is 81.3 Å². The lowest BCUT2D eigenvalue weighted by Crippen LogP contribution is -2.33. The standard InChI is InChI=1S/C21H18FN5O2/c1-14-12-18(28)20(25-27(14)17-7-3-2-6-16(17)22)21(29)23-10-9-15-13-26-11-5-4-8-19(26)24-15/h2-8,11-13H,9-10H2,1H3,(H,23,29). The van der Waals surface area contributed by atoms with Crippen LogP contribution in [0.25, 0.3) is 11.3 Å². The van der Waals surface area contributed by atoms with E-state index >= 15 is 0 Å². The van der Waals surface area contributed by atoms with Gasteiger partial charge in [-0.15, -0.1) is 0 Å². The molecule has 3 aromatic heterocycles. The summed E-state index contributed by atoms with van der Waals surface area (Å²) in [5, 5.41) is 6.78. The van der Waals surface area contributed by atoms with Crippen LogP contribution in [-0.2, 0) is 6.42 Å². The Morgan fingerprint density at radius 1 is 1.17 bits per heavy atom. The first-order chi connectivity index (χ1) is 14.0. The monoisotopic (exact) mass is 391 g/mol. The molecule has 0 saturated heterocycles. The molecule has 0 spiro atoms. The molecule has 8 heteroatoms. The van der Waals surface area contributed by atoms with Gasteiger partial charge in [0, 0.05) is 37.1 Å². The Labute approximate surface area is 165 Å². The third-order valence-electron chi connectivity index (χ3n) is 4.48. The quantitative estimate of drug-likeness (QED) is 0.566. The molecule has 4 rings (SSSR count). The lowest BCUT2D eigenvalue weighted by Gasteiger charge is -2.12. The van der Waals surface area contributed by atoms with Crippen LogP contribution in [0.3, 0.4) is 0 Å². The molecule has 146 valence electrons. The third-order valence-corrected chi connectivity index (χ3v) is 4.48. The summed E-state index contributed by atoms with van der Waals surface area (Å²) < 4.78 is 17.3. The van der Waals surface area contributed by atoms with Crippen LogP contribution >= 0.6 is 0 Å². The van der Waals surface area contributed by atoms with Gasteiger partial charge in [-0.25, -0.2) is 14.1 Å². The van der Waals surface area contributed by atoms with Crippen LogP contribution in [-0.4, -0.2) is 31.6 Å². The molecule has 29 heavy (non-hydrogen) atoms. The summed E-state index contributed by atoms with van der Waals surface area (Å²) in [7, 11) is 0. The molecule has 0 unspecified atom stereocenters. The second-order valence-electron chi connectivity index (χ2n) is 6.57. The molecule has 4 aromatic rings. The predicted molar refractivity (Wildman–Crippen MR) is 106 cm³/mol. The van der Waals surface area contributed by atoms with Crippen molar-refractivity contribution in [1.82, 2.24) is 24.5 Å². The predicted octanol–water partition coefficient (Wildman–Crippen LogP) is 2.30. The SMILES string of the molecule is Cc1cc(=O)c(C(=O)NCCc2cn3ccccc3n2)nn1-c1ccccc1F. The number of hydrogen-bond donors (Lipinski definition) is 1. The number of fused-ring (bicyclic) bond motifs is 1. The molecule has 0 aliphatic rings. The summed E-state index contributed by atoms with van der Waals surface area (Å²) in [6, 6.07) is 13.0. The zero-order valence-electron chi connectivity index (χ0n) is 15.7. The minimum absolute atomic E-state index is 0.170. The van der Waals surface area contributed by atoms with Gasteiger partial charge in [-0.1, -0.05) is 18.2 Å². The molecular formula is C21H18FN5O2. The van der Waals surface area contributed by atoms with E-state index in [9.17, 15) is 14.0 Å². The summed E-state index contributed by atoms with van der Waals surface area (Å²) in [4.78, 5) is 29.2. The van der Waals surface area contributed by atoms with Crippen molar-refractivity contribution < 1.29 is 9.18 Å². The molecule has 0 atom stereocenters. The molecule has 0 aliphatic carbocycles. The van der Waals surface area contributed by atoms with Crippen molar-refractivity contribution in [1.29, 1.82) is 0 Å². The van der Waals surface area contributed by atoms with Gasteiger partial charge < -0.3 is 9.72 Å². The Bertz CT molecular complexity index is 1230. The van der Waals surface area contributed by atoms with E-state index in [2.05, 4.69) is 15.4 Å². The summed E-state index contributed by atoms with van der Waals surface area (Å²) in [6.45, 7) is 1.92. The van der Waals surface area contributed by atoms with Crippen LogP contribution in [0.4, 0.5) is 4.39 Å². The second kappa shape index (κ2) is 7.67. The van der Waals surface area contributed by atoms with Gasteiger partial charge in [0.15, 0.2) is 5.69 Å². The maximum Gasteiger partial charge on any atom is 0.275 e. The number of rotatable bonds is 5. The number of nitrogens with one attached hydrogen (secondary N) is 1. The van der Waals surface area contributed by atoms with Gasteiger partial charge >= 0.3 is 0 Å². The van der Waals surface area contributed by atoms with Crippen LogP contribution in [0.2, 0.25) is 0 Å². The van der Waals surface area contributed by atoms with Crippen LogP contribution < -0.4 is 10.7 Å². The Hall–Kier alpha value is -3.81. The van der Waals surface area contributed by atoms with Gasteiger partial charge in [-0.05, 0) is 31.2 Å². The van der Waals surface area contributed by atoms with Crippen molar-refractivity contribution in [3.63, 3.8) is 0 Å². The number of pyridine rings is 1. The number of hydrogen-bond acceptors (Lipinski definition) is 4. The van der Waals surface area contributed by atoms with Crippen molar-refractivity contribution in [2.45, 2.75) is 13.3 Å². The average molecular weight is 391 g/mol. The zero-order chi connectivity index (χ0) is 20.4. The van der Waals surface area contributed by atoms with E-state index in [0.29, 0.717) is 12.1 Å².